The minimum atomic E-state index is -0.867. The van der Waals surface area contributed by atoms with Crippen LogP contribution in [0.15, 0.2) is 18.3 Å². The second kappa shape index (κ2) is 5.59. The van der Waals surface area contributed by atoms with Gasteiger partial charge in [0.15, 0.2) is 11.6 Å². The Hall–Kier alpha value is -2.31. The number of nitrogens with one attached hydrogen (secondary N) is 2. The van der Waals surface area contributed by atoms with E-state index in [0.717, 1.165) is 0 Å². The molecule has 1 aromatic heterocycles. The molecule has 0 saturated carbocycles. The molecule has 2 rings (SSSR count). The van der Waals surface area contributed by atoms with Gasteiger partial charge in [0.25, 0.3) is 5.91 Å². The minimum absolute atomic E-state index is 0.336. The summed E-state index contributed by atoms with van der Waals surface area (Å²) in [6, 6.07) is 2.54. The van der Waals surface area contributed by atoms with Crippen LogP contribution in [0.25, 0.3) is 0 Å². The number of pyridine rings is 1. The molecule has 7 nitrogen and oxygen atoms in total. The van der Waals surface area contributed by atoms with Gasteiger partial charge in [-0.2, -0.15) is 0 Å². The molecule has 0 bridgehead atoms. The quantitative estimate of drug-likeness (QED) is 0.822. The summed E-state index contributed by atoms with van der Waals surface area (Å²) < 4.78 is 10.8. The van der Waals surface area contributed by atoms with Gasteiger partial charge in [0.1, 0.15) is 17.7 Å². The van der Waals surface area contributed by atoms with Crippen molar-refractivity contribution >= 4 is 17.8 Å². The van der Waals surface area contributed by atoms with Crippen LogP contribution in [0.5, 0.6) is 5.75 Å². The normalized spacial score (nSPS) is 21.4. The van der Waals surface area contributed by atoms with Crippen LogP contribution in [0.4, 0.5) is 10.6 Å². The molecule has 2 N–H and O–H groups in total. The molecule has 7 heteroatoms. The Morgan fingerprint density at radius 3 is 2.86 bits per heavy atom. The first-order valence-corrected chi connectivity index (χ1v) is 6.68. The molecule has 0 saturated heterocycles. The monoisotopic (exact) mass is 293 g/mol. The van der Waals surface area contributed by atoms with Crippen molar-refractivity contribution in [2.45, 2.75) is 45.4 Å². The van der Waals surface area contributed by atoms with Gasteiger partial charge in [-0.3, -0.25) is 4.79 Å². The lowest BCUT2D eigenvalue weighted by Crippen LogP contribution is -2.52. The molecule has 114 valence electrons. The van der Waals surface area contributed by atoms with E-state index in [0.29, 0.717) is 11.6 Å². The van der Waals surface area contributed by atoms with Crippen LogP contribution in [0.2, 0.25) is 0 Å². The highest BCUT2D eigenvalue weighted by molar-refractivity contribution is 5.98. The van der Waals surface area contributed by atoms with Crippen molar-refractivity contribution in [1.82, 2.24) is 10.3 Å². The zero-order chi connectivity index (χ0) is 15.6. The van der Waals surface area contributed by atoms with Crippen LogP contribution in [-0.4, -0.2) is 34.7 Å². The van der Waals surface area contributed by atoms with E-state index < -0.39 is 29.7 Å². The van der Waals surface area contributed by atoms with Crippen LogP contribution in [-0.2, 0) is 9.53 Å². The van der Waals surface area contributed by atoms with Gasteiger partial charge in [-0.15, -0.1) is 0 Å². The predicted octanol–water partition coefficient (Wildman–Crippen LogP) is 1.69. The summed E-state index contributed by atoms with van der Waals surface area (Å²) in [4.78, 5) is 28.0. The number of carbonyl (C=O) groups is 2. The van der Waals surface area contributed by atoms with Gasteiger partial charge in [0.05, 0.1) is 0 Å². The molecule has 0 radical (unpaired) electrons. The maximum absolute atomic E-state index is 12.2. The number of carbonyl (C=O) groups excluding carboxylic acids is 2. The van der Waals surface area contributed by atoms with Gasteiger partial charge in [0.2, 0.25) is 0 Å². The highest BCUT2D eigenvalue weighted by atomic mass is 16.6. The molecule has 2 amide bonds. The number of hydrogen-bond donors (Lipinski definition) is 2. The van der Waals surface area contributed by atoms with Crippen molar-refractivity contribution in [3.8, 4) is 5.75 Å². The maximum atomic E-state index is 12.2. The van der Waals surface area contributed by atoms with E-state index in [-0.39, 0.29) is 0 Å². The van der Waals surface area contributed by atoms with E-state index in [4.69, 9.17) is 9.47 Å². The highest BCUT2D eigenvalue weighted by Gasteiger charge is 2.34. The molecule has 0 unspecified atom stereocenters. The van der Waals surface area contributed by atoms with Gasteiger partial charge < -0.3 is 20.1 Å². The van der Waals surface area contributed by atoms with Crippen molar-refractivity contribution < 1.29 is 19.1 Å². The van der Waals surface area contributed by atoms with E-state index in [2.05, 4.69) is 15.6 Å². The number of fused-ring (bicyclic) bond motifs is 1. The van der Waals surface area contributed by atoms with Crippen LogP contribution in [0, 0.1) is 0 Å². The van der Waals surface area contributed by atoms with Crippen LogP contribution in [0.1, 0.15) is 27.7 Å². The third kappa shape index (κ3) is 3.84. The Bertz CT molecular complexity index is 553. The first-order valence-electron chi connectivity index (χ1n) is 6.68. The van der Waals surface area contributed by atoms with Crippen LogP contribution in [0.3, 0.4) is 0 Å². The summed E-state index contributed by atoms with van der Waals surface area (Å²) in [6.45, 7) is 6.95. The van der Waals surface area contributed by atoms with E-state index >= 15 is 0 Å². The number of amides is 2. The third-order valence-corrected chi connectivity index (χ3v) is 2.75. The second-order valence-corrected chi connectivity index (χ2v) is 5.79. The Balaban J connectivity index is 2.11. The van der Waals surface area contributed by atoms with Gasteiger partial charge in [-0.05, 0) is 39.8 Å². The summed E-state index contributed by atoms with van der Waals surface area (Å²) in [5.74, 6) is 0.403. The molecule has 0 aromatic carbocycles. The van der Waals surface area contributed by atoms with Gasteiger partial charge in [-0.25, -0.2) is 9.78 Å². The summed E-state index contributed by atoms with van der Waals surface area (Å²) in [5.41, 5.74) is -0.639. The molecule has 0 fully saturated rings. The topological polar surface area (TPSA) is 89.5 Å². The summed E-state index contributed by atoms with van der Waals surface area (Å²) >= 11 is 0. The Kier molecular flexibility index (Phi) is 4.02. The Morgan fingerprint density at radius 2 is 2.19 bits per heavy atom. The fraction of sp³-hybridized carbons (Fsp3) is 0.500. The number of nitrogens with zero attached hydrogens (tertiary/aromatic N) is 1. The molecule has 0 aliphatic carbocycles. The lowest BCUT2D eigenvalue weighted by atomic mass is 10.1. The fourth-order valence-corrected chi connectivity index (χ4v) is 1.87. The predicted molar refractivity (Wildman–Crippen MR) is 76.1 cm³/mol. The van der Waals surface area contributed by atoms with Crippen LogP contribution >= 0.6 is 0 Å². The fourth-order valence-electron chi connectivity index (χ4n) is 1.87. The first-order chi connectivity index (χ1) is 9.76. The molecule has 2 atom stereocenters. The largest absolute Gasteiger partial charge is 0.484 e. The second-order valence-electron chi connectivity index (χ2n) is 5.79. The van der Waals surface area contributed by atoms with E-state index in [1.807, 2.05) is 0 Å². The Labute approximate surface area is 123 Å². The molecular formula is C14H19N3O4. The van der Waals surface area contributed by atoms with Crippen molar-refractivity contribution in [1.29, 1.82) is 0 Å². The summed E-state index contributed by atoms with van der Waals surface area (Å²) in [7, 11) is 0. The zero-order valence-electron chi connectivity index (χ0n) is 12.5. The molecule has 1 aromatic rings. The van der Waals surface area contributed by atoms with Gasteiger partial charge >= 0.3 is 6.09 Å². The molecule has 1 aliphatic heterocycles. The molecule has 2 heterocycles. The van der Waals surface area contributed by atoms with E-state index in [9.17, 15) is 9.59 Å². The number of rotatable bonds is 1. The zero-order valence-corrected chi connectivity index (χ0v) is 12.5. The van der Waals surface area contributed by atoms with Gasteiger partial charge in [-0.1, -0.05) is 0 Å². The van der Waals surface area contributed by atoms with Crippen molar-refractivity contribution in [3.05, 3.63) is 18.3 Å². The molecule has 0 spiro atoms. The smallest absolute Gasteiger partial charge is 0.408 e. The first kappa shape index (κ1) is 15.1. The van der Waals surface area contributed by atoms with Crippen molar-refractivity contribution in [3.63, 3.8) is 0 Å². The number of aromatic nitrogens is 1. The summed E-state index contributed by atoms with van der Waals surface area (Å²) in [6.07, 6.45) is 0.328. The molecule has 1 aliphatic rings. The van der Waals surface area contributed by atoms with Crippen molar-refractivity contribution in [2.24, 2.45) is 0 Å². The molecular weight excluding hydrogens is 274 g/mol. The lowest BCUT2D eigenvalue weighted by Gasteiger charge is -2.24. The van der Waals surface area contributed by atoms with Gasteiger partial charge in [0, 0.05) is 6.20 Å². The highest BCUT2D eigenvalue weighted by Crippen LogP contribution is 2.26. The average molecular weight is 293 g/mol. The Morgan fingerprint density at radius 1 is 1.48 bits per heavy atom. The lowest BCUT2D eigenvalue weighted by molar-refractivity contribution is -0.119. The third-order valence-electron chi connectivity index (χ3n) is 2.75. The molecule has 21 heavy (non-hydrogen) atoms. The summed E-state index contributed by atoms with van der Waals surface area (Å²) in [5, 5.41) is 5.15. The maximum Gasteiger partial charge on any atom is 0.408 e. The average Bonchev–Trinajstić information content (AvgIpc) is 2.46. The number of anilines is 1. The van der Waals surface area contributed by atoms with E-state index in [1.165, 1.54) is 0 Å². The number of hydrogen-bond acceptors (Lipinski definition) is 5. The standard InChI is InChI=1S/C14H19N3O4/c1-8-10(16-13(19)21-14(2,3)4)12(18)17-11-9(20-8)6-5-7-15-11/h5-8,10H,1-4H3,(H,16,19)(H,15,17,18)/t8-,10-/m0/s1. The van der Waals surface area contributed by atoms with Crippen LogP contribution < -0.4 is 15.4 Å². The minimum Gasteiger partial charge on any atom is -0.484 e. The number of ether oxygens (including phenoxy) is 2. The number of alkyl carbamates (subject to hydrolysis) is 1. The van der Waals surface area contributed by atoms with E-state index in [1.54, 1.807) is 46.0 Å². The SMILES string of the molecule is C[C@@H]1Oc2cccnc2NC(=O)[C@H]1NC(=O)OC(C)(C)C. The van der Waals surface area contributed by atoms with Crippen molar-refractivity contribution in [2.75, 3.05) is 5.32 Å².